The molecule has 0 radical (unpaired) electrons. The van der Waals surface area contributed by atoms with Crippen molar-refractivity contribution in [1.29, 1.82) is 0 Å². The van der Waals surface area contributed by atoms with E-state index >= 15 is 0 Å². The average molecular weight is 497 g/mol. The first kappa shape index (κ1) is 22.5. The number of aliphatic imine (C=N–C) groups is 1. The van der Waals surface area contributed by atoms with E-state index in [9.17, 15) is 0 Å². The van der Waals surface area contributed by atoms with E-state index in [1.807, 2.05) is 18.6 Å². The molecule has 1 N–H and O–H groups in total. The van der Waals surface area contributed by atoms with E-state index < -0.39 is 0 Å². The van der Waals surface area contributed by atoms with Crippen molar-refractivity contribution in [2.24, 2.45) is 10.9 Å². The maximum absolute atomic E-state index is 5.39. The van der Waals surface area contributed by atoms with Gasteiger partial charge in [-0.15, -0.1) is 24.0 Å². The third-order valence-corrected chi connectivity index (χ3v) is 5.22. The number of imidazole rings is 1. The van der Waals surface area contributed by atoms with Crippen molar-refractivity contribution >= 4 is 29.9 Å². The van der Waals surface area contributed by atoms with Gasteiger partial charge in [-0.3, -0.25) is 0 Å². The van der Waals surface area contributed by atoms with Crippen LogP contribution in [0, 0.1) is 12.8 Å². The Morgan fingerprint density at radius 2 is 2.18 bits per heavy atom. The highest BCUT2D eigenvalue weighted by atomic mass is 127. The van der Waals surface area contributed by atoms with Gasteiger partial charge in [-0.05, 0) is 49.4 Å². The van der Waals surface area contributed by atoms with Crippen LogP contribution < -0.4 is 10.1 Å². The quantitative estimate of drug-likeness (QED) is 0.387. The van der Waals surface area contributed by atoms with Crippen LogP contribution in [0.4, 0.5) is 0 Å². The first-order valence-electron chi connectivity index (χ1n) is 9.76. The van der Waals surface area contributed by atoms with Gasteiger partial charge in [0, 0.05) is 32.0 Å². The monoisotopic (exact) mass is 497 g/mol. The predicted octanol–water partition coefficient (Wildman–Crippen LogP) is 3.87. The molecule has 7 heteroatoms. The van der Waals surface area contributed by atoms with Gasteiger partial charge in [0.2, 0.25) is 0 Å². The lowest BCUT2D eigenvalue weighted by Gasteiger charge is -2.39. The summed E-state index contributed by atoms with van der Waals surface area (Å²) in [5.41, 5.74) is 2.36. The van der Waals surface area contributed by atoms with Crippen molar-refractivity contribution in [3.63, 3.8) is 0 Å². The van der Waals surface area contributed by atoms with Gasteiger partial charge in [-0.1, -0.05) is 13.0 Å². The van der Waals surface area contributed by atoms with Crippen LogP contribution >= 0.6 is 24.0 Å². The molecule has 6 nitrogen and oxygen atoms in total. The lowest BCUT2D eigenvalue weighted by Crippen LogP contribution is -2.49. The number of likely N-dealkylation sites (tertiary alicyclic amines) is 1. The molecule has 2 heterocycles. The van der Waals surface area contributed by atoms with Gasteiger partial charge in [0.1, 0.15) is 5.75 Å². The van der Waals surface area contributed by atoms with Crippen molar-refractivity contribution < 1.29 is 4.74 Å². The van der Waals surface area contributed by atoms with Crippen LogP contribution in [0.1, 0.15) is 37.4 Å². The second-order valence-corrected chi connectivity index (χ2v) is 7.32. The van der Waals surface area contributed by atoms with Crippen LogP contribution in [0.2, 0.25) is 0 Å². The number of nitrogens with one attached hydrogen (secondary N) is 1. The predicted molar refractivity (Wildman–Crippen MR) is 125 cm³/mol. The molecule has 2 unspecified atom stereocenters. The normalized spacial score (nSPS) is 19.9. The van der Waals surface area contributed by atoms with E-state index in [0.29, 0.717) is 18.5 Å². The molecule has 0 spiro atoms. The summed E-state index contributed by atoms with van der Waals surface area (Å²) in [5, 5.41) is 3.47. The Labute approximate surface area is 185 Å². The summed E-state index contributed by atoms with van der Waals surface area (Å²) in [5.74, 6) is 2.49. The largest absolute Gasteiger partial charge is 0.497 e. The van der Waals surface area contributed by atoms with Gasteiger partial charge >= 0.3 is 0 Å². The third-order valence-electron chi connectivity index (χ3n) is 5.22. The molecule has 0 bridgehead atoms. The number of methoxy groups -OCH3 is 1. The highest BCUT2D eigenvalue weighted by Crippen LogP contribution is 2.27. The van der Waals surface area contributed by atoms with E-state index in [2.05, 4.69) is 58.9 Å². The zero-order valence-corrected chi connectivity index (χ0v) is 19.6. The van der Waals surface area contributed by atoms with Crippen molar-refractivity contribution in [3.05, 3.63) is 48.0 Å². The topological polar surface area (TPSA) is 54.7 Å². The smallest absolute Gasteiger partial charge is 0.194 e. The van der Waals surface area contributed by atoms with Gasteiger partial charge in [0.05, 0.1) is 26.0 Å². The Hall–Kier alpha value is -1.77. The first-order valence-corrected chi connectivity index (χ1v) is 9.76. The molecule has 1 fully saturated rings. The molecule has 0 amide bonds. The minimum Gasteiger partial charge on any atom is -0.497 e. The number of hydrogen-bond acceptors (Lipinski definition) is 3. The number of benzene rings is 1. The summed E-state index contributed by atoms with van der Waals surface area (Å²) in [7, 11) is 1.71. The Balaban J connectivity index is 0.00000280. The minimum atomic E-state index is 0. The summed E-state index contributed by atoms with van der Waals surface area (Å²) in [6, 6.07) is 6.69. The standard InChI is InChI=1S/C21H31N5O.HI/c1-5-23-21(24-13-18-10-16(2)11-19(12-18)27-4)25-8-6-17(3)20(14-25)26-9-7-22-15-26;/h7,9-12,15,17,20H,5-6,8,13-14H2,1-4H3,(H,23,24);1H. The second-order valence-electron chi connectivity index (χ2n) is 7.32. The number of piperidine rings is 1. The van der Waals surface area contributed by atoms with Crippen LogP contribution in [0.25, 0.3) is 0 Å². The lowest BCUT2D eigenvalue weighted by molar-refractivity contribution is 0.189. The number of nitrogens with zero attached hydrogens (tertiary/aromatic N) is 4. The maximum Gasteiger partial charge on any atom is 0.194 e. The Morgan fingerprint density at radius 1 is 1.36 bits per heavy atom. The fourth-order valence-corrected chi connectivity index (χ4v) is 3.72. The molecular weight excluding hydrogens is 465 g/mol. The number of guanidine groups is 1. The van der Waals surface area contributed by atoms with E-state index in [1.165, 1.54) is 11.1 Å². The number of ether oxygens (including phenoxy) is 1. The zero-order chi connectivity index (χ0) is 19.2. The molecule has 1 aliphatic heterocycles. The minimum absolute atomic E-state index is 0. The molecule has 28 heavy (non-hydrogen) atoms. The van der Waals surface area contributed by atoms with Crippen molar-refractivity contribution in [3.8, 4) is 5.75 Å². The summed E-state index contributed by atoms with van der Waals surface area (Å²) >= 11 is 0. The summed E-state index contributed by atoms with van der Waals surface area (Å²) in [6.45, 7) is 9.99. The fourth-order valence-electron chi connectivity index (χ4n) is 3.72. The highest BCUT2D eigenvalue weighted by Gasteiger charge is 2.28. The van der Waals surface area contributed by atoms with E-state index in [1.54, 1.807) is 7.11 Å². The van der Waals surface area contributed by atoms with Gasteiger partial charge in [-0.25, -0.2) is 9.98 Å². The fraction of sp³-hybridized carbons (Fsp3) is 0.524. The van der Waals surface area contributed by atoms with Crippen molar-refractivity contribution in [1.82, 2.24) is 19.8 Å². The molecule has 0 aliphatic carbocycles. The summed E-state index contributed by atoms with van der Waals surface area (Å²) in [6.07, 6.45) is 6.99. The number of rotatable bonds is 5. The van der Waals surface area contributed by atoms with Gasteiger partial charge in [0.15, 0.2) is 5.96 Å². The summed E-state index contributed by atoms with van der Waals surface area (Å²) in [4.78, 5) is 11.5. The van der Waals surface area contributed by atoms with E-state index in [0.717, 1.165) is 37.8 Å². The number of aryl methyl sites for hydroxylation is 1. The van der Waals surface area contributed by atoms with Crippen molar-refractivity contribution in [2.75, 3.05) is 26.7 Å². The molecule has 3 rings (SSSR count). The number of halogens is 1. The maximum atomic E-state index is 5.39. The SMILES string of the molecule is CCNC(=NCc1cc(C)cc(OC)c1)N1CCC(C)C(n2ccnc2)C1.I. The van der Waals surface area contributed by atoms with E-state index in [4.69, 9.17) is 9.73 Å². The Morgan fingerprint density at radius 3 is 2.86 bits per heavy atom. The van der Waals surface area contributed by atoms with Crippen LogP contribution in [-0.4, -0.2) is 47.2 Å². The second kappa shape index (κ2) is 10.7. The molecule has 154 valence electrons. The molecule has 2 aromatic rings. The van der Waals surface area contributed by atoms with Crippen LogP contribution in [0.3, 0.4) is 0 Å². The van der Waals surface area contributed by atoms with Crippen LogP contribution in [0.5, 0.6) is 5.75 Å². The molecule has 2 atom stereocenters. The molecule has 1 aromatic carbocycles. The summed E-state index contributed by atoms with van der Waals surface area (Å²) < 4.78 is 7.62. The Kier molecular flexibility index (Phi) is 8.59. The third kappa shape index (κ3) is 5.62. The molecule has 1 aliphatic rings. The molecular formula is C21H32IN5O. The zero-order valence-electron chi connectivity index (χ0n) is 17.3. The van der Waals surface area contributed by atoms with Gasteiger partial charge in [-0.2, -0.15) is 0 Å². The van der Waals surface area contributed by atoms with Crippen molar-refractivity contribution in [2.45, 2.75) is 39.8 Å². The van der Waals surface area contributed by atoms with Crippen LogP contribution in [-0.2, 0) is 6.54 Å². The first-order chi connectivity index (χ1) is 13.1. The van der Waals surface area contributed by atoms with E-state index in [-0.39, 0.29) is 24.0 Å². The number of hydrogen-bond donors (Lipinski definition) is 1. The highest BCUT2D eigenvalue weighted by molar-refractivity contribution is 14.0. The van der Waals surface area contributed by atoms with Gasteiger partial charge < -0.3 is 19.5 Å². The lowest BCUT2D eigenvalue weighted by atomic mass is 9.93. The molecule has 0 saturated carbocycles. The van der Waals surface area contributed by atoms with Gasteiger partial charge in [0.25, 0.3) is 0 Å². The Bertz CT molecular complexity index is 762. The average Bonchev–Trinajstić information content (AvgIpc) is 3.19. The molecule has 1 aromatic heterocycles. The number of aromatic nitrogens is 2. The van der Waals surface area contributed by atoms with Crippen LogP contribution in [0.15, 0.2) is 41.9 Å². The molecule has 1 saturated heterocycles.